The summed E-state index contributed by atoms with van der Waals surface area (Å²) >= 11 is 1.82. The molecule has 1 N–H and O–H groups in total. The van der Waals surface area contributed by atoms with Crippen molar-refractivity contribution in [1.82, 2.24) is 20.1 Å². The number of aryl methyl sites for hydroxylation is 1. The average molecular weight is 332 g/mol. The number of nitrogens with zero attached hydrogens (tertiary/aromatic N) is 3. The van der Waals surface area contributed by atoms with Crippen LogP contribution in [-0.2, 0) is 17.8 Å². The van der Waals surface area contributed by atoms with Gasteiger partial charge in [-0.15, -0.1) is 11.3 Å². The Morgan fingerprint density at radius 1 is 1.39 bits per heavy atom. The summed E-state index contributed by atoms with van der Waals surface area (Å²) in [6.07, 6.45) is 8.01. The van der Waals surface area contributed by atoms with Crippen LogP contribution >= 0.6 is 11.3 Å². The molecule has 3 heterocycles. The monoisotopic (exact) mass is 332 g/mol. The van der Waals surface area contributed by atoms with Gasteiger partial charge in [-0.3, -0.25) is 4.68 Å². The van der Waals surface area contributed by atoms with Gasteiger partial charge in [-0.25, -0.2) is 4.98 Å². The molecule has 0 bridgehead atoms. The molecule has 1 saturated heterocycles. The van der Waals surface area contributed by atoms with Crippen molar-refractivity contribution in [2.45, 2.75) is 51.3 Å². The molecule has 0 spiro atoms. The lowest BCUT2D eigenvalue weighted by Gasteiger charge is -2.17. The quantitative estimate of drug-likeness (QED) is 0.846. The molecule has 23 heavy (non-hydrogen) atoms. The summed E-state index contributed by atoms with van der Waals surface area (Å²) in [5.74, 6) is 1.28. The Hall–Kier alpha value is -1.24. The molecule has 2 atom stereocenters. The molecule has 6 heteroatoms. The molecule has 1 aliphatic carbocycles. The van der Waals surface area contributed by atoms with Crippen LogP contribution in [-0.4, -0.2) is 27.9 Å². The fourth-order valence-electron chi connectivity index (χ4n) is 3.22. The number of hydrogen-bond donors (Lipinski definition) is 1. The maximum Gasteiger partial charge on any atom is 0.0959 e. The molecular weight excluding hydrogens is 308 g/mol. The Labute approximate surface area is 141 Å². The van der Waals surface area contributed by atoms with Crippen LogP contribution in [0.5, 0.6) is 0 Å². The van der Waals surface area contributed by atoms with Gasteiger partial charge in [0.1, 0.15) is 0 Å². The maximum atomic E-state index is 5.95. The summed E-state index contributed by atoms with van der Waals surface area (Å²) in [7, 11) is 0. The standard InChI is InChI=1S/C17H24N4OS/c1-2-21-10-14(8-19-21)16-13(5-6-22-16)7-18-9-15-11-23-17(20-15)12-3-4-12/h8,10-13,16,18H,2-7,9H2,1H3/t13-,16-/m1/s1. The largest absolute Gasteiger partial charge is 0.373 e. The Kier molecular flexibility index (Phi) is 4.46. The minimum atomic E-state index is 0.181. The number of hydrogen-bond acceptors (Lipinski definition) is 5. The minimum Gasteiger partial charge on any atom is -0.373 e. The number of nitrogens with one attached hydrogen (secondary N) is 1. The van der Waals surface area contributed by atoms with Crippen LogP contribution < -0.4 is 5.32 Å². The molecule has 0 amide bonds. The molecular formula is C17H24N4OS. The predicted octanol–water partition coefficient (Wildman–Crippen LogP) is 3.10. The summed E-state index contributed by atoms with van der Waals surface area (Å²) in [6, 6.07) is 0. The highest BCUT2D eigenvalue weighted by atomic mass is 32.1. The van der Waals surface area contributed by atoms with Crippen LogP contribution in [0.1, 0.15) is 54.5 Å². The first-order chi connectivity index (χ1) is 11.3. The van der Waals surface area contributed by atoms with Gasteiger partial charge in [0, 0.05) is 55.2 Å². The van der Waals surface area contributed by atoms with Gasteiger partial charge in [0.25, 0.3) is 0 Å². The van der Waals surface area contributed by atoms with E-state index < -0.39 is 0 Å². The number of thiazole rings is 1. The Bertz CT molecular complexity index is 649. The Morgan fingerprint density at radius 2 is 2.30 bits per heavy atom. The van der Waals surface area contributed by atoms with Crippen molar-refractivity contribution >= 4 is 11.3 Å². The SMILES string of the molecule is CCn1cc([C@@H]2OCC[C@@H]2CNCc2csc(C3CC3)n2)cn1. The first-order valence-corrected chi connectivity index (χ1v) is 9.50. The van der Waals surface area contributed by atoms with Crippen molar-refractivity contribution in [3.05, 3.63) is 34.0 Å². The molecule has 4 rings (SSSR count). The third-order valence-electron chi connectivity index (χ3n) is 4.73. The molecule has 124 valence electrons. The van der Waals surface area contributed by atoms with Crippen molar-refractivity contribution in [1.29, 1.82) is 0 Å². The summed E-state index contributed by atoms with van der Waals surface area (Å²) in [5, 5.41) is 11.5. The zero-order valence-corrected chi connectivity index (χ0v) is 14.4. The van der Waals surface area contributed by atoms with E-state index in [1.807, 2.05) is 22.2 Å². The van der Waals surface area contributed by atoms with Crippen LogP contribution in [0.2, 0.25) is 0 Å². The zero-order chi connectivity index (χ0) is 15.6. The van der Waals surface area contributed by atoms with Gasteiger partial charge < -0.3 is 10.1 Å². The lowest BCUT2D eigenvalue weighted by molar-refractivity contribution is 0.0903. The first kappa shape index (κ1) is 15.3. The van der Waals surface area contributed by atoms with Gasteiger partial charge in [0.15, 0.2) is 0 Å². The van der Waals surface area contributed by atoms with Gasteiger partial charge in [-0.1, -0.05) is 0 Å². The zero-order valence-electron chi connectivity index (χ0n) is 13.6. The van der Waals surface area contributed by atoms with E-state index >= 15 is 0 Å². The van der Waals surface area contributed by atoms with E-state index in [1.165, 1.54) is 29.1 Å². The molecule has 1 saturated carbocycles. The van der Waals surface area contributed by atoms with Gasteiger partial charge in [0.2, 0.25) is 0 Å². The maximum absolute atomic E-state index is 5.95. The summed E-state index contributed by atoms with van der Waals surface area (Å²) in [5.41, 5.74) is 2.40. The number of ether oxygens (including phenoxy) is 1. The van der Waals surface area contributed by atoms with Crippen LogP contribution in [0.3, 0.4) is 0 Å². The highest BCUT2D eigenvalue weighted by Crippen LogP contribution is 2.41. The van der Waals surface area contributed by atoms with Gasteiger partial charge >= 0.3 is 0 Å². The minimum absolute atomic E-state index is 0.181. The second kappa shape index (κ2) is 6.71. The van der Waals surface area contributed by atoms with E-state index in [9.17, 15) is 0 Å². The van der Waals surface area contributed by atoms with E-state index in [0.29, 0.717) is 5.92 Å². The average Bonchev–Trinajstić information content (AvgIpc) is 2.99. The summed E-state index contributed by atoms with van der Waals surface area (Å²) in [4.78, 5) is 4.74. The highest BCUT2D eigenvalue weighted by Gasteiger charge is 2.30. The van der Waals surface area contributed by atoms with E-state index in [-0.39, 0.29) is 6.10 Å². The Balaban J connectivity index is 1.30. The van der Waals surface area contributed by atoms with Crippen LogP contribution in [0, 0.1) is 5.92 Å². The van der Waals surface area contributed by atoms with Crippen molar-refractivity contribution in [2.24, 2.45) is 5.92 Å². The van der Waals surface area contributed by atoms with Crippen molar-refractivity contribution in [3.63, 3.8) is 0 Å². The van der Waals surface area contributed by atoms with Crippen molar-refractivity contribution in [3.8, 4) is 0 Å². The van der Waals surface area contributed by atoms with Crippen molar-refractivity contribution < 1.29 is 4.74 Å². The molecule has 2 fully saturated rings. The highest BCUT2D eigenvalue weighted by molar-refractivity contribution is 7.09. The predicted molar refractivity (Wildman–Crippen MR) is 90.5 cm³/mol. The molecule has 0 unspecified atom stereocenters. The van der Waals surface area contributed by atoms with E-state index in [1.54, 1.807) is 0 Å². The lowest BCUT2D eigenvalue weighted by atomic mass is 9.97. The molecule has 2 aliphatic rings. The third-order valence-corrected chi connectivity index (χ3v) is 5.78. The second-order valence-corrected chi connectivity index (χ2v) is 7.44. The van der Waals surface area contributed by atoms with Crippen LogP contribution in [0.4, 0.5) is 0 Å². The van der Waals surface area contributed by atoms with E-state index in [4.69, 9.17) is 9.72 Å². The fraction of sp³-hybridized carbons (Fsp3) is 0.647. The molecule has 0 aromatic carbocycles. The molecule has 1 aliphatic heterocycles. The molecule has 5 nitrogen and oxygen atoms in total. The van der Waals surface area contributed by atoms with E-state index in [0.717, 1.165) is 38.6 Å². The second-order valence-electron chi connectivity index (χ2n) is 6.55. The normalized spacial score (nSPS) is 24.4. The van der Waals surface area contributed by atoms with Gasteiger partial charge in [-0.05, 0) is 26.2 Å². The molecule has 2 aromatic rings. The van der Waals surface area contributed by atoms with Gasteiger partial charge in [-0.2, -0.15) is 5.10 Å². The fourth-order valence-corrected chi connectivity index (χ4v) is 4.21. The topological polar surface area (TPSA) is 52.0 Å². The van der Waals surface area contributed by atoms with Crippen LogP contribution in [0.15, 0.2) is 17.8 Å². The molecule has 0 radical (unpaired) electrons. The lowest BCUT2D eigenvalue weighted by Crippen LogP contribution is -2.24. The first-order valence-electron chi connectivity index (χ1n) is 8.62. The Morgan fingerprint density at radius 3 is 3.09 bits per heavy atom. The number of aromatic nitrogens is 3. The van der Waals surface area contributed by atoms with Crippen molar-refractivity contribution in [2.75, 3.05) is 13.2 Å². The molecule has 2 aromatic heterocycles. The van der Waals surface area contributed by atoms with E-state index in [2.05, 4.69) is 28.9 Å². The summed E-state index contributed by atoms with van der Waals surface area (Å²) < 4.78 is 7.92. The number of rotatable bonds is 7. The third kappa shape index (κ3) is 3.49. The van der Waals surface area contributed by atoms with Crippen LogP contribution in [0.25, 0.3) is 0 Å². The summed E-state index contributed by atoms with van der Waals surface area (Å²) in [6.45, 7) is 5.69. The van der Waals surface area contributed by atoms with Gasteiger partial charge in [0.05, 0.1) is 23.0 Å². The smallest absolute Gasteiger partial charge is 0.0959 e.